The van der Waals surface area contributed by atoms with Gasteiger partial charge < -0.3 is 9.13 Å². The number of terminal acetylenes is 2. The molecular formula is C55H32N4. The Kier molecular flexibility index (Phi) is 7.02. The molecule has 0 saturated heterocycles. The topological polar surface area (TPSA) is 27.7 Å². The van der Waals surface area contributed by atoms with Gasteiger partial charge in [0, 0.05) is 49.3 Å². The first-order valence-corrected chi connectivity index (χ1v) is 19.7. The first-order valence-electron chi connectivity index (χ1n) is 19.7. The minimum atomic E-state index is 0.675. The molecule has 0 aliphatic rings. The second-order valence-electron chi connectivity index (χ2n) is 15.0. The SMILES string of the molecule is C#Cc1c(C#C)c2c(c3ccccc3n2-c2cccc(-c3cccc4c3c3c5ccccc5ccc3n4-c3ccccc3)n2)c2c1c1ccccc1n2-c1ccccc1. The van der Waals surface area contributed by atoms with Crippen molar-refractivity contribution in [1.82, 2.24) is 18.7 Å². The van der Waals surface area contributed by atoms with Crippen molar-refractivity contribution in [3.63, 3.8) is 0 Å². The molecule has 12 aromatic rings. The van der Waals surface area contributed by atoms with E-state index in [1.165, 1.54) is 16.2 Å². The Morgan fingerprint density at radius 2 is 0.949 bits per heavy atom. The van der Waals surface area contributed by atoms with Crippen molar-refractivity contribution in [3.05, 3.63) is 193 Å². The van der Waals surface area contributed by atoms with Crippen LogP contribution in [0.15, 0.2) is 182 Å². The van der Waals surface area contributed by atoms with Crippen LogP contribution >= 0.6 is 0 Å². The summed E-state index contributed by atoms with van der Waals surface area (Å²) in [5.41, 5.74) is 11.7. The molecule has 0 bridgehead atoms. The van der Waals surface area contributed by atoms with E-state index in [9.17, 15) is 0 Å². The first kappa shape index (κ1) is 32.9. The lowest BCUT2D eigenvalue weighted by molar-refractivity contribution is 1.08. The van der Waals surface area contributed by atoms with Crippen molar-refractivity contribution >= 4 is 76.2 Å². The molecule has 59 heavy (non-hydrogen) atoms. The second kappa shape index (κ2) is 12.6. The van der Waals surface area contributed by atoms with Gasteiger partial charge in [0.05, 0.1) is 49.9 Å². The summed E-state index contributed by atoms with van der Waals surface area (Å²) < 4.78 is 6.93. The van der Waals surface area contributed by atoms with Crippen molar-refractivity contribution < 1.29 is 0 Å². The van der Waals surface area contributed by atoms with Gasteiger partial charge in [0.25, 0.3) is 0 Å². The zero-order valence-corrected chi connectivity index (χ0v) is 31.8. The van der Waals surface area contributed by atoms with Crippen LogP contribution in [0.3, 0.4) is 0 Å². The van der Waals surface area contributed by atoms with Gasteiger partial charge in [0.15, 0.2) is 0 Å². The molecule has 4 aromatic heterocycles. The normalized spacial score (nSPS) is 11.7. The molecular weight excluding hydrogens is 717 g/mol. The fourth-order valence-electron chi connectivity index (χ4n) is 9.65. The van der Waals surface area contributed by atoms with Crippen molar-refractivity contribution in [1.29, 1.82) is 0 Å². The average molecular weight is 749 g/mol. The van der Waals surface area contributed by atoms with E-state index >= 15 is 0 Å². The third-order valence-corrected chi connectivity index (χ3v) is 12.0. The van der Waals surface area contributed by atoms with Crippen molar-refractivity contribution in [2.24, 2.45) is 0 Å². The van der Waals surface area contributed by atoms with E-state index in [1.54, 1.807) is 0 Å². The van der Waals surface area contributed by atoms with Crippen LogP contribution in [0.5, 0.6) is 0 Å². The molecule has 0 atom stereocenters. The molecule has 4 heteroatoms. The van der Waals surface area contributed by atoms with Gasteiger partial charge in [-0.15, -0.1) is 12.8 Å². The van der Waals surface area contributed by atoms with E-state index in [1.807, 2.05) is 6.07 Å². The quantitative estimate of drug-likeness (QED) is 0.165. The summed E-state index contributed by atoms with van der Waals surface area (Å²) >= 11 is 0. The number of aromatic nitrogens is 4. The maximum absolute atomic E-state index is 6.56. The van der Waals surface area contributed by atoms with Gasteiger partial charge >= 0.3 is 0 Å². The maximum Gasteiger partial charge on any atom is 0.138 e. The standard InChI is InChI=1S/C55H32N4/c1-3-38-39(4-2)54-53(55-50(38)42-25-13-15-29-45(42)58(55)37-22-9-6-10-23-37)43-26-14-16-30-46(43)59(54)49-32-18-28-44(56-49)41-27-17-31-47-52(41)51-40-24-12-11-19-35(40)33-34-48(51)57(47)36-20-7-5-8-21-36/h1-2,5-34H. The number of para-hydroxylation sites is 4. The minimum Gasteiger partial charge on any atom is -0.309 e. The van der Waals surface area contributed by atoms with Gasteiger partial charge in [0.2, 0.25) is 0 Å². The predicted molar refractivity (Wildman–Crippen MR) is 246 cm³/mol. The van der Waals surface area contributed by atoms with Crippen LogP contribution < -0.4 is 0 Å². The molecule has 0 amide bonds. The zero-order chi connectivity index (χ0) is 39.2. The van der Waals surface area contributed by atoms with Crippen LogP contribution in [0.1, 0.15) is 11.1 Å². The molecule has 272 valence electrons. The number of hydrogen-bond acceptors (Lipinski definition) is 1. The van der Waals surface area contributed by atoms with Crippen molar-refractivity contribution in [2.75, 3.05) is 0 Å². The number of fused-ring (bicyclic) bond motifs is 12. The zero-order valence-electron chi connectivity index (χ0n) is 31.8. The third-order valence-electron chi connectivity index (χ3n) is 12.0. The number of rotatable bonds is 4. The van der Waals surface area contributed by atoms with Crippen LogP contribution in [0.25, 0.3) is 105 Å². The van der Waals surface area contributed by atoms with Crippen LogP contribution in [0.4, 0.5) is 0 Å². The van der Waals surface area contributed by atoms with Crippen molar-refractivity contribution in [3.8, 4) is 53.1 Å². The summed E-state index contributed by atoms with van der Waals surface area (Å²) in [5, 5.41) is 8.89. The van der Waals surface area contributed by atoms with E-state index in [-0.39, 0.29) is 0 Å². The van der Waals surface area contributed by atoms with E-state index in [0.717, 1.165) is 88.5 Å². The van der Waals surface area contributed by atoms with E-state index < -0.39 is 0 Å². The summed E-state index contributed by atoms with van der Waals surface area (Å²) in [4.78, 5) is 5.57. The fraction of sp³-hybridized carbons (Fsp3) is 0. The molecule has 0 unspecified atom stereocenters. The summed E-state index contributed by atoms with van der Waals surface area (Å²) in [6.45, 7) is 0. The number of nitrogens with zero attached hydrogens (tertiary/aromatic N) is 4. The predicted octanol–water partition coefficient (Wildman–Crippen LogP) is 13.2. The molecule has 4 nitrogen and oxygen atoms in total. The van der Waals surface area contributed by atoms with E-state index in [4.69, 9.17) is 17.8 Å². The highest BCUT2D eigenvalue weighted by Crippen LogP contribution is 2.46. The lowest BCUT2D eigenvalue weighted by Crippen LogP contribution is -2.02. The highest BCUT2D eigenvalue weighted by molar-refractivity contribution is 6.29. The molecule has 8 aromatic carbocycles. The van der Waals surface area contributed by atoms with E-state index in [0.29, 0.717) is 11.1 Å². The van der Waals surface area contributed by atoms with Gasteiger partial charge in [-0.2, -0.15) is 0 Å². The van der Waals surface area contributed by atoms with Gasteiger partial charge in [-0.05, 0) is 71.4 Å². The molecule has 0 fully saturated rings. The van der Waals surface area contributed by atoms with Crippen LogP contribution in [0, 0.1) is 24.7 Å². The highest BCUT2D eigenvalue weighted by Gasteiger charge is 2.27. The molecule has 4 heterocycles. The third kappa shape index (κ3) is 4.54. The maximum atomic E-state index is 6.56. The number of hydrogen-bond donors (Lipinski definition) is 0. The molecule has 0 aliphatic carbocycles. The van der Waals surface area contributed by atoms with Crippen molar-refractivity contribution in [2.45, 2.75) is 0 Å². The fourth-order valence-corrected chi connectivity index (χ4v) is 9.65. The Morgan fingerprint density at radius 3 is 1.68 bits per heavy atom. The number of pyridine rings is 1. The Balaban J connectivity index is 1.21. The minimum absolute atomic E-state index is 0.675. The summed E-state index contributed by atoms with van der Waals surface area (Å²) in [7, 11) is 0. The molecule has 0 spiro atoms. The van der Waals surface area contributed by atoms with E-state index in [2.05, 4.69) is 201 Å². The Bertz CT molecular complexity index is 3790. The Labute approximate surface area is 339 Å². The molecule has 0 aliphatic heterocycles. The van der Waals surface area contributed by atoms with Gasteiger partial charge in [-0.1, -0.05) is 133 Å². The van der Waals surface area contributed by atoms with Gasteiger partial charge in [-0.3, -0.25) is 4.57 Å². The summed E-state index contributed by atoms with van der Waals surface area (Å²) in [5.74, 6) is 6.92. The summed E-state index contributed by atoms with van der Waals surface area (Å²) in [6, 6.07) is 64.0. The molecule has 0 radical (unpaired) electrons. The molecule has 0 N–H and O–H groups in total. The van der Waals surface area contributed by atoms with Crippen LogP contribution in [0.2, 0.25) is 0 Å². The lowest BCUT2D eigenvalue weighted by Gasteiger charge is -2.14. The summed E-state index contributed by atoms with van der Waals surface area (Å²) in [6.07, 6.45) is 13.1. The molecule has 0 saturated carbocycles. The molecule has 12 rings (SSSR count). The Hall–Kier alpha value is -8.31. The monoisotopic (exact) mass is 748 g/mol. The van der Waals surface area contributed by atoms with Crippen LogP contribution in [-0.4, -0.2) is 18.7 Å². The number of benzene rings is 8. The van der Waals surface area contributed by atoms with Gasteiger partial charge in [-0.25, -0.2) is 4.98 Å². The van der Waals surface area contributed by atoms with Crippen LogP contribution in [-0.2, 0) is 0 Å². The average Bonchev–Trinajstić information content (AvgIpc) is 3.95. The van der Waals surface area contributed by atoms with Gasteiger partial charge in [0.1, 0.15) is 5.82 Å². The largest absolute Gasteiger partial charge is 0.309 e. The lowest BCUT2D eigenvalue weighted by atomic mass is 9.97. The second-order valence-corrected chi connectivity index (χ2v) is 15.0. The highest BCUT2D eigenvalue weighted by atomic mass is 15.1. The smallest absolute Gasteiger partial charge is 0.138 e. The Morgan fingerprint density at radius 1 is 0.373 bits per heavy atom. The first-order chi connectivity index (χ1) is 29.2.